The lowest BCUT2D eigenvalue weighted by Gasteiger charge is -2.19. The van der Waals surface area contributed by atoms with Crippen LogP contribution in [0.4, 0.5) is 0 Å². The van der Waals surface area contributed by atoms with E-state index in [1.807, 2.05) is 30.3 Å². The molecule has 0 saturated heterocycles. The Hall–Kier alpha value is -3.52. The summed E-state index contributed by atoms with van der Waals surface area (Å²) >= 11 is 0. The van der Waals surface area contributed by atoms with Gasteiger partial charge < -0.3 is 0 Å². The first kappa shape index (κ1) is 19.4. The highest BCUT2D eigenvalue weighted by Crippen LogP contribution is 2.34. The van der Waals surface area contributed by atoms with E-state index in [2.05, 4.69) is 59.0 Å². The number of aryl methyl sites for hydroxylation is 2. The molecule has 0 radical (unpaired) electrons. The zero-order valence-corrected chi connectivity index (χ0v) is 17.7. The molecule has 0 unspecified atom stereocenters. The normalized spacial score (nSPS) is 12.9. The van der Waals surface area contributed by atoms with Crippen molar-refractivity contribution < 1.29 is 0 Å². The molecule has 0 fully saturated rings. The SMILES string of the molecule is C=CCc1cccc2c1ccc1c3c(ccc12)CCCC3.c1cnc2ncccc2c1. The monoisotopic (exact) mass is 402 g/mol. The van der Waals surface area contributed by atoms with Gasteiger partial charge in [-0.25, -0.2) is 9.97 Å². The van der Waals surface area contributed by atoms with Gasteiger partial charge in [-0.2, -0.15) is 0 Å². The van der Waals surface area contributed by atoms with Crippen molar-refractivity contribution in [2.75, 3.05) is 0 Å². The van der Waals surface area contributed by atoms with Gasteiger partial charge in [-0.3, -0.25) is 0 Å². The summed E-state index contributed by atoms with van der Waals surface area (Å²) in [4.78, 5) is 8.14. The van der Waals surface area contributed by atoms with E-state index in [4.69, 9.17) is 0 Å². The largest absolute Gasteiger partial charge is 0.237 e. The fourth-order valence-corrected chi connectivity index (χ4v) is 4.73. The molecule has 0 saturated carbocycles. The van der Waals surface area contributed by atoms with Crippen LogP contribution < -0.4 is 0 Å². The fraction of sp³-hybridized carbons (Fsp3) is 0.172. The Kier molecular flexibility index (Phi) is 5.45. The van der Waals surface area contributed by atoms with Crippen LogP contribution in [0.1, 0.15) is 29.5 Å². The van der Waals surface area contributed by atoms with E-state index in [1.165, 1.54) is 52.8 Å². The third-order valence-electron chi connectivity index (χ3n) is 6.22. The molecular weight excluding hydrogens is 376 g/mol. The van der Waals surface area contributed by atoms with E-state index < -0.39 is 0 Å². The fourth-order valence-electron chi connectivity index (χ4n) is 4.73. The van der Waals surface area contributed by atoms with Crippen LogP contribution in [0.3, 0.4) is 0 Å². The molecule has 0 amide bonds. The average molecular weight is 403 g/mol. The van der Waals surface area contributed by atoms with E-state index in [0.717, 1.165) is 17.5 Å². The highest BCUT2D eigenvalue weighted by atomic mass is 14.8. The lowest BCUT2D eigenvalue weighted by atomic mass is 9.86. The van der Waals surface area contributed by atoms with Crippen molar-refractivity contribution in [2.24, 2.45) is 0 Å². The van der Waals surface area contributed by atoms with Crippen molar-refractivity contribution in [2.45, 2.75) is 32.1 Å². The molecule has 0 spiro atoms. The molecule has 5 aromatic rings. The predicted octanol–water partition coefficient (Wildman–Crippen LogP) is 7.23. The maximum Gasteiger partial charge on any atom is 0.159 e. The molecule has 2 heterocycles. The van der Waals surface area contributed by atoms with Crippen molar-refractivity contribution in [3.05, 3.63) is 108 Å². The maximum atomic E-state index is 4.07. The molecule has 0 N–H and O–H groups in total. The maximum absolute atomic E-state index is 4.07. The van der Waals surface area contributed by atoms with E-state index in [9.17, 15) is 0 Å². The topological polar surface area (TPSA) is 25.8 Å². The van der Waals surface area contributed by atoms with E-state index in [-0.39, 0.29) is 0 Å². The van der Waals surface area contributed by atoms with E-state index >= 15 is 0 Å². The Morgan fingerprint density at radius 2 is 1.42 bits per heavy atom. The molecule has 2 nitrogen and oxygen atoms in total. The van der Waals surface area contributed by atoms with Crippen LogP contribution in [-0.2, 0) is 19.3 Å². The molecule has 1 aliphatic carbocycles. The van der Waals surface area contributed by atoms with Gasteiger partial charge in [0, 0.05) is 17.8 Å². The van der Waals surface area contributed by atoms with Crippen molar-refractivity contribution in [1.29, 1.82) is 0 Å². The lowest BCUT2D eigenvalue weighted by molar-refractivity contribution is 0.690. The summed E-state index contributed by atoms with van der Waals surface area (Å²) in [6, 6.07) is 23.8. The molecule has 0 atom stereocenters. The highest BCUT2D eigenvalue weighted by Gasteiger charge is 2.13. The van der Waals surface area contributed by atoms with E-state index in [1.54, 1.807) is 23.5 Å². The predicted molar refractivity (Wildman–Crippen MR) is 132 cm³/mol. The second-order valence-corrected chi connectivity index (χ2v) is 8.13. The summed E-state index contributed by atoms with van der Waals surface area (Å²) in [5, 5.41) is 6.74. The van der Waals surface area contributed by atoms with Gasteiger partial charge in [0.2, 0.25) is 0 Å². The Bertz CT molecular complexity index is 1320. The van der Waals surface area contributed by atoms with Crippen molar-refractivity contribution in [3.8, 4) is 0 Å². The summed E-state index contributed by atoms with van der Waals surface area (Å²) in [6.07, 6.45) is 11.6. The summed E-state index contributed by atoms with van der Waals surface area (Å²) in [5.41, 5.74) is 5.34. The number of rotatable bonds is 2. The van der Waals surface area contributed by atoms with Gasteiger partial charge in [0.15, 0.2) is 5.65 Å². The van der Waals surface area contributed by atoms with Crippen molar-refractivity contribution in [3.63, 3.8) is 0 Å². The Labute approximate surface area is 183 Å². The van der Waals surface area contributed by atoms with Crippen molar-refractivity contribution >= 4 is 32.6 Å². The first-order chi connectivity index (χ1) is 15.3. The van der Waals surface area contributed by atoms with Gasteiger partial charge >= 0.3 is 0 Å². The smallest absolute Gasteiger partial charge is 0.159 e. The van der Waals surface area contributed by atoms with Crippen LogP contribution in [-0.4, -0.2) is 9.97 Å². The number of hydrogen-bond acceptors (Lipinski definition) is 2. The number of hydrogen-bond donors (Lipinski definition) is 0. The number of pyridine rings is 2. The average Bonchev–Trinajstić information content (AvgIpc) is 2.84. The van der Waals surface area contributed by atoms with Crippen LogP contribution in [0.5, 0.6) is 0 Å². The van der Waals surface area contributed by atoms with Crippen LogP contribution in [0.15, 0.2) is 91.8 Å². The zero-order chi connectivity index (χ0) is 21.0. The molecule has 2 heteroatoms. The minimum absolute atomic E-state index is 0.810. The Morgan fingerprint density at radius 1 is 0.710 bits per heavy atom. The summed E-state index contributed by atoms with van der Waals surface area (Å²) in [5.74, 6) is 0. The molecule has 0 aliphatic heterocycles. The third-order valence-corrected chi connectivity index (χ3v) is 6.22. The van der Waals surface area contributed by atoms with Crippen LogP contribution in [0, 0.1) is 0 Å². The van der Waals surface area contributed by atoms with Gasteiger partial charge in [-0.05, 0) is 94.6 Å². The van der Waals surface area contributed by atoms with Crippen LogP contribution in [0.2, 0.25) is 0 Å². The minimum atomic E-state index is 0.810. The molecule has 152 valence electrons. The molecule has 31 heavy (non-hydrogen) atoms. The number of fused-ring (bicyclic) bond motifs is 6. The van der Waals surface area contributed by atoms with Crippen LogP contribution >= 0.6 is 0 Å². The number of benzene rings is 3. The first-order valence-corrected chi connectivity index (χ1v) is 11.1. The standard InChI is InChI=1S/C21H20.C8H6N2/c1-2-6-15-8-5-10-19-18(15)13-14-20-17-9-4-3-7-16(17)11-12-21(19)20;1-3-7-4-2-6-10-8(7)9-5-1/h2,5,8,10-14H,1,3-4,6-7,9H2;1-6H. The number of aromatic nitrogens is 2. The van der Waals surface area contributed by atoms with Crippen molar-refractivity contribution in [1.82, 2.24) is 9.97 Å². The Balaban J connectivity index is 0.000000171. The summed E-state index contributed by atoms with van der Waals surface area (Å²) in [7, 11) is 0. The quantitative estimate of drug-likeness (QED) is 0.230. The van der Waals surface area contributed by atoms with Gasteiger partial charge in [-0.1, -0.05) is 48.5 Å². The number of allylic oxidation sites excluding steroid dienone is 1. The molecule has 6 rings (SSSR count). The molecule has 2 aromatic heterocycles. The second-order valence-electron chi connectivity index (χ2n) is 8.13. The van der Waals surface area contributed by atoms with Gasteiger partial charge in [0.25, 0.3) is 0 Å². The zero-order valence-electron chi connectivity index (χ0n) is 17.7. The Morgan fingerprint density at radius 3 is 2.19 bits per heavy atom. The summed E-state index contributed by atoms with van der Waals surface area (Å²) in [6.45, 7) is 3.88. The molecular formula is C29H26N2. The highest BCUT2D eigenvalue weighted by molar-refractivity contribution is 6.09. The van der Waals surface area contributed by atoms with Gasteiger partial charge in [0.1, 0.15) is 0 Å². The molecule has 3 aromatic carbocycles. The third kappa shape index (κ3) is 3.82. The van der Waals surface area contributed by atoms with Gasteiger partial charge in [0.05, 0.1) is 0 Å². The minimum Gasteiger partial charge on any atom is -0.237 e. The first-order valence-electron chi connectivity index (χ1n) is 11.1. The van der Waals surface area contributed by atoms with Crippen LogP contribution in [0.25, 0.3) is 32.6 Å². The van der Waals surface area contributed by atoms with Gasteiger partial charge in [-0.15, -0.1) is 6.58 Å². The molecule has 1 aliphatic rings. The number of nitrogens with zero attached hydrogens (tertiary/aromatic N) is 2. The molecule has 0 bridgehead atoms. The summed E-state index contributed by atoms with van der Waals surface area (Å²) < 4.78 is 0. The van der Waals surface area contributed by atoms with E-state index in [0.29, 0.717) is 0 Å². The lowest BCUT2D eigenvalue weighted by Crippen LogP contribution is -2.03. The second kappa shape index (κ2) is 8.69.